The van der Waals surface area contributed by atoms with E-state index in [0.717, 1.165) is 12.8 Å². The second-order valence-corrected chi connectivity index (χ2v) is 5.93. The van der Waals surface area contributed by atoms with Crippen LogP contribution in [0.3, 0.4) is 0 Å². The quantitative estimate of drug-likeness (QED) is 0.833. The summed E-state index contributed by atoms with van der Waals surface area (Å²) in [4.78, 5) is 12.0. The van der Waals surface area contributed by atoms with Crippen LogP contribution in [0.5, 0.6) is 0 Å². The minimum Gasteiger partial charge on any atom is -0.379 e. The minimum atomic E-state index is -4.43. The number of carbonyl (C=O) groups is 1. The van der Waals surface area contributed by atoms with Crippen LogP contribution in [-0.4, -0.2) is 50.7 Å². The van der Waals surface area contributed by atoms with Crippen LogP contribution in [0.2, 0.25) is 0 Å². The number of ether oxygens (including phenoxy) is 2. The molecule has 2 N–H and O–H groups in total. The van der Waals surface area contributed by atoms with Crippen LogP contribution in [0, 0.1) is 5.92 Å². The Labute approximate surface area is 127 Å². The predicted molar refractivity (Wildman–Crippen MR) is 73.5 cm³/mol. The topological polar surface area (TPSA) is 59.6 Å². The third-order valence-electron chi connectivity index (χ3n) is 4.42. The molecule has 1 aliphatic heterocycles. The van der Waals surface area contributed by atoms with E-state index in [4.69, 9.17) is 9.47 Å². The highest BCUT2D eigenvalue weighted by Gasteiger charge is 2.46. The molecule has 8 heteroatoms. The van der Waals surface area contributed by atoms with Gasteiger partial charge in [-0.3, -0.25) is 0 Å². The van der Waals surface area contributed by atoms with E-state index in [-0.39, 0.29) is 12.7 Å². The number of methoxy groups -OCH3 is 1. The number of urea groups is 1. The van der Waals surface area contributed by atoms with Gasteiger partial charge in [-0.1, -0.05) is 12.8 Å². The summed E-state index contributed by atoms with van der Waals surface area (Å²) in [6.07, 6.45) is -1.51. The predicted octanol–water partition coefficient (Wildman–Crippen LogP) is 2.21. The molecule has 1 aliphatic carbocycles. The Bertz CT molecular complexity index is 373. The van der Waals surface area contributed by atoms with Gasteiger partial charge in [-0.15, -0.1) is 0 Å². The van der Waals surface area contributed by atoms with Crippen LogP contribution in [0.25, 0.3) is 0 Å². The van der Waals surface area contributed by atoms with Crippen molar-refractivity contribution in [3.8, 4) is 0 Å². The number of carbonyl (C=O) groups excluding carboxylic acids is 1. The molecule has 2 rings (SSSR count). The van der Waals surface area contributed by atoms with Gasteiger partial charge in [0.2, 0.25) is 0 Å². The Morgan fingerprint density at radius 1 is 1.27 bits per heavy atom. The molecule has 3 atom stereocenters. The first kappa shape index (κ1) is 17.3. The van der Waals surface area contributed by atoms with Crippen molar-refractivity contribution in [2.45, 2.75) is 56.5 Å². The maximum Gasteiger partial charge on any atom is 0.408 e. The fourth-order valence-electron chi connectivity index (χ4n) is 3.24. The first-order valence-electron chi connectivity index (χ1n) is 7.66. The van der Waals surface area contributed by atoms with Crippen molar-refractivity contribution < 1.29 is 27.4 Å². The van der Waals surface area contributed by atoms with Gasteiger partial charge in [0.1, 0.15) is 6.04 Å². The molecule has 22 heavy (non-hydrogen) atoms. The highest BCUT2D eigenvalue weighted by Crippen LogP contribution is 2.35. The molecule has 0 aromatic carbocycles. The third kappa shape index (κ3) is 4.49. The summed E-state index contributed by atoms with van der Waals surface area (Å²) in [6.45, 7) is 0.762. The van der Waals surface area contributed by atoms with E-state index in [2.05, 4.69) is 10.6 Å². The Morgan fingerprint density at radius 2 is 1.95 bits per heavy atom. The Kier molecular flexibility index (Phi) is 5.91. The van der Waals surface area contributed by atoms with E-state index in [9.17, 15) is 18.0 Å². The minimum absolute atomic E-state index is 0.240. The van der Waals surface area contributed by atoms with Gasteiger partial charge in [0, 0.05) is 13.7 Å². The lowest BCUT2D eigenvalue weighted by Crippen LogP contribution is -2.58. The second kappa shape index (κ2) is 7.50. The van der Waals surface area contributed by atoms with Gasteiger partial charge in [0.25, 0.3) is 0 Å². The standard InChI is InChI=1S/C14H23F3N2O3/c1-21-11-6-7-22-8-10(11)18-13(20)19-12(14(15,16)17)9-4-2-3-5-9/h9-12H,2-8H2,1H3,(H2,18,19,20)/t10-,11-,12?/m1/s1. The van der Waals surface area contributed by atoms with Crippen molar-refractivity contribution in [3.63, 3.8) is 0 Å². The van der Waals surface area contributed by atoms with E-state index in [1.165, 1.54) is 7.11 Å². The van der Waals surface area contributed by atoms with E-state index in [1.807, 2.05) is 0 Å². The number of alkyl halides is 3. The lowest BCUT2D eigenvalue weighted by Gasteiger charge is -2.32. The Morgan fingerprint density at radius 3 is 2.55 bits per heavy atom. The highest BCUT2D eigenvalue weighted by atomic mass is 19.4. The molecule has 1 heterocycles. The van der Waals surface area contributed by atoms with Crippen LogP contribution in [0.4, 0.5) is 18.0 Å². The first-order chi connectivity index (χ1) is 10.4. The average molecular weight is 324 g/mol. The fraction of sp³-hybridized carbons (Fsp3) is 0.929. The number of nitrogens with one attached hydrogen (secondary N) is 2. The van der Waals surface area contributed by atoms with E-state index in [1.54, 1.807) is 0 Å². The molecule has 2 fully saturated rings. The van der Waals surface area contributed by atoms with Crippen LogP contribution in [0.15, 0.2) is 0 Å². The zero-order valence-corrected chi connectivity index (χ0v) is 12.6. The number of rotatable bonds is 4. The van der Waals surface area contributed by atoms with E-state index < -0.39 is 30.2 Å². The molecule has 1 unspecified atom stereocenters. The fourth-order valence-corrected chi connectivity index (χ4v) is 3.24. The lowest BCUT2D eigenvalue weighted by molar-refractivity contribution is -0.164. The molecule has 5 nitrogen and oxygen atoms in total. The molecule has 128 valence electrons. The summed E-state index contributed by atoms with van der Waals surface area (Å²) in [5, 5.41) is 4.65. The Hall–Kier alpha value is -1.02. The molecule has 0 aromatic rings. The number of hydrogen-bond donors (Lipinski definition) is 2. The van der Waals surface area contributed by atoms with Gasteiger partial charge in [-0.25, -0.2) is 4.79 Å². The lowest BCUT2D eigenvalue weighted by atomic mass is 9.98. The molecule has 2 amide bonds. The maximum atomic E-state index is 13.2. The van der Waals surface area contributed by atoms with Gasteiger partial charge >= 0.3 is 12.2 Å². The monoisotopic (exact) mass is 324 g/mol. The van der Waals surface area contributed by atoms with Gasteiger partial charge in [0.15, 0.2) is 0 Å². The van der Waals surface area contributed by atoms with Crippen molar-refractivity contribution in [1.29, 1.82) is 0 Å². The van der Waals surface area contributed by atoms with E-state index >= 15 is 0 Å². The van der Waals surface area contributed by atoms with Crippen molar-refractivity contribution in [2.24, 2.45) is 5.92 Å². The van der Waals surface area contributed by atoms with Gasteiger partial charge in [0.05, 0.1) is 18.8 Å². The normalized spacial score (nSPS) is 28.4. The van der Waals surface area contributed by atoms with Crippen molar-refractivity contribution in [3.05, 3.63) is 0 Å². The van der Waals surface area contributed by atoms with Crippen LogP contribution in [0.1, 0.15) is 32.1 Å². The molecule has 0 aromatic heterocycles. The number of hydrogen-bond acceptors (Lipinski definition) is 3. The number of halogens is 3. The maximum absolute atomic E-state index is 13.2. The molecule has 1 saturated heterocycles. The summed E-state index contributed by atoms with van der Waals surface area (Å²) in [6, 6.07) is -3.04. The summed E-state index contributed by atoms with van der Waals surface area (Å²) in [5.74, 6) is -0.536. The highest BCUT2D eigenvalue weighted by molar-refractivity contribution is 5.74. The molecule has 0 spiro atoms. The summed E-state index contributed by atoms with van der Waals surface area (Å²) in [5.41, 5.74) is 0. The summed E-state index contributed by atoms with van der Waals surface area (Å²) in [7, 11) is 1.51. The van der Waals surface area contributed by atoms with Gasteiger partial charge in [-0.2, -0.15) is 13.2 Å². The first-order valence-corrected chi connectivity index (χ1v) is 7.66. The second-order valence-electron chi connectivity index (χ2n) is 5.93. The molecule has 0 radical (unpaired) electrons. The average Bonchev–Trinajstić information content (AvgIpc) is 2.98. The largest absolute Gasteiger partial charge is 0.408 e. The van der Waals surface area contributed by atoms with Gasteiger partial charge in [-0.05, 0) is 25.2 Å². The van der Waals surface area contributed by atoms with Crippen LogP contribution < -0.4 is 10.6 Å². The van der Waals surface area contributed by atoms with Crippen molar-refractivity contribution >= 4 is 6.03 Å². The molecule has 1 saturated carbocycles. The van der Waals surface area contributed by atoms with Crippen LogP contribution in [-0.2, 0) is 9.47 Å². The smallest absolute Gasteiger partial charge is 0.379 e. The third-order valence-corrected chi connectivity index (χ3v) is 4.42. The van der Waals surface area contributed by atoms with Crippen molar-refractivity contribution in [2.75, 3.05) is 20.3 Å². The van der Waals surface area contributed by atoms with Gasteiger partial charge < -0.3 is 20.1 Å². The molecular weight excluding hydrogens is 301 g/mol. The van der Waals surface area contributed by atoms with Crippen LogP contribution >= 0.6 is 0 Å². The summed E-state index contributed by atoms with van der Waals surface area (Å²) < 4.78 is 50.0. The van der Waals surface area contributed by atoms with Crippen molar-refractivity contribution in [1.82, 2.24) is 10.6 Å². The number of amides is 2. The zero-order valence-electron chi connectivity index (χ0n) is 12.6. The van der Waals surface area contributed by atoms with E-state index in [0.29, 0.717) is 25.9 Å². The molecule has 2 aliphatic rings. The molecular formula is C14H23F3N2O3. The zero-order chi connectivity index (χ0) is 16.2. The summed E-state index contributed by atoms with van der Waals surface area (Å²) >= 11 is 0. The SMILES string of the molecule is CO[C@@H]1CCOC[C@H]1NC(=O)NC(C1CCCC1)C(F)(F)F. The Balaban J connectivity index is 1.92. The molecule has 0 bridgehead atoms.